The van der Waals surface area contributed by atoms with Crippen LogP contribution in [0.25, 0.3) is 15.7 Å². The van der Waals surface area contributed by atoms with Gasteiger partial charge in [-0.15, -0.1) is 11.3 Å². The first-order chi connectivity index (χ1) is 13.9. The second kappa shape index (κ2) is 8.28. The monoisotopic (exact) mass is 415 g/mol. The Morgan fingerprint density at radius 3 is 2.90 bits per heavy atom. The highest BCUT2D eigenvalue weighted by atomic mass is 32.1. The van der Waals surface area contributed by atoms with E-state index >= 15 is 0 Å². The first-order valence-electron chi connectivity index (χ1n) is 10.4. The lowest BCUT2D eigenvalue weighted by Gasteiger charge is -2.33. The van der Waals surface area contributed by atoms with Crippen LogP contribution in [0.4, 0.5) is 0 Å². The number of thiophene rings is 1. The maximum absolute atomic E-state index is 12.8. The number of carbonyl (C=O) groups is 1. The standard InChI is InChI=1S/C21H29N5O2S/c1-14-7-4-5-9-24(14)10-6-8-22-20(27)13-25-21(28)18-12-19-17(11-15(2)29-19)26(18)16(3)23-25/h11-12,14H,4-10,13H2,1-3H3,(H,22,27)/t14-/m0/s1. The molecule has 0 radical (unpaired) electrons. The minimum atomic E-state index is -0.228. The number of hydrogen-bond donors (Lipinski definition) is 1. The highest BCUT2D eigenvalue weighted by Gasteiger charge is 2.18. The normalized spacial score (nSPS) is 18.0. The molecule has 0 spiro atoms. The average Bonchev–Trinajstić information content (AvgIpc) is 3.20. The molecule has 4 rings (SSSR count). The highest BCUT2D eigenvalue weighted by molar-refractivity contribution is 7.19. The van der Waals surface area contributed by atoms with Crippen LogP contribution in [0, 0.1) is 13.8 Å². The molecule has 1 N–H and O–H groups in total. The molecule has 0 bridgehead atoms. The number of fused-ring (bicyclic) bond motifs is 3. The van der Waals surface area contributed by atoms with Crippen LogP contribution in [-0.4, -0.2) is 50.7 Å². The molecule has 1 aliphatic heterocycles. The van der Waals surface area contributed by atoms with Crippen molar-refractivity contribution in [3.8, 4) is 0 Å². The van der Waals surface area contributed by atoms with E-state index in [4.69, 9.17) is 0 Å². The van der Waals surface area contributed by atoms with Crippen LogP contribution in [0.5, 0.6) is 0 Å². The van der Waals surface area contributed by atoms with Crippen molar-refractivity contribution in [2.45, 2.75) is 59.0 Å². The van der Waals surface area contributed by atoms with E-state index in [0.29, 0.717) is 23.9 Å². The van der Waals surface area contributed by atoms with Crippen molar-refractivity contribution >= 4 is 33.0 Å². The van der Waals surface area contributed by atoms with Crippen molar-refractivity contribution in [2.75, 3.05) is 19.6 Å². The summed E-state index contributed by atoms with van der Waals surface area (Å²) in [5.41, 5.74) is 1.35. The Hall–Kier alpha value is -2.19. The Bertz CT molecular complexity index is 1100. The van der Waals surface area contributed by atoms with Gasteiger partial charge in [-0.05, 0) is 58.7 Å². The van der Waals surface area contributed by atoms with Crippen molar-refractivity contribution < 1.29 is 4.79 Å². The minimum absolute atomic E-state index is 0.0475. The zero-order valence-corrected chi connectivity index (χ0v) is 18.2. The molecule has 0 aromatic carbocycles. The third-order valence-corrected chi connectivity index (χ3v) is 6.82. The second-order valence-electron chi connectivity index (χ2n) is 8.07. The lowest BCUT2D eigenvalue weighted by molar-refractivity contribution is -0.121. The van der Waals surface area contributed by atoms with Gasteiger partial charge in [0.05, 0.1) is 10.2 Å². The van der Waals surface area contributed by atoms with Crippen LogP contribution in [0.3, 0.4) is 0 Å². The Kier molecular flexibility index (Phi) is 5.74. The molecule has 3 aromatic rings. The van der Waals surface area contributed by atoms with Crippen LogP contribution in [0.15, 0.2) is 16.9 Å². The molecule has 4 heterocycles. The van der Waals surface area contributed by atoms with Crippen molar-refractivity contribution in [3.63, 3.8) is 0 Å². The third kappa shape index (κ3) is 4.09. The van der Waals surface area contributed by atoms with Gasteiger partial charge in [0.2, 0.25) is 5.91 Å². The smallest absolute Gasteiger partial charge is 0.291 e. The number of nitrogens with zero attached hydrogens (tertiary/aromatic N) is 4. The molecule has 0 aliphatic carbocycles. The minimum Gasteiger partial charge on any atom is -0.354 e. The topological polar surface area (TPSA) is 71.6 Å². The van der Waals surface area contributed by atoms with Crippen LogP contribution in [-0.2, 0) is 11.3 Å². The van der Waals surface area contributed by atoms with Gasteiger partial charge in [-0.3, -0.25) is 14.0 Å². The molecule has 8 heteroatoms. The highest BCUT2D eigenvalue weighted by Crippen LogP contribution is 2.27. The van der Waals surface area contributed by atoms with Crippen molar-refractivity contribution in [2.24, 2.45) is 0 Å². The first kappa shape index (κ1) is 20.1. The van der Waals surface area contributed by atoms with E-state index in [0.717, 1.165) is 29.7 Å². The zero-order chi connectivity index (χ0) is 20.5. The molecule has 0 unspecified atom stereocenters. The van der Waals surface area contributed by atoms with E-state index in [9.17, 15) is 9.59 Å². The lowest BCUT2D eigenvalue weighted by Crippen LogP contribution is -2.40. The summed E-state index contributed by atoms with van der Waals surface area (Å²) in [5.74, 6) is 0.540. The predicted octanol–water partition coefficient (Wildman–Crippen LogP) is 2.71. The van der Waals surface area contributed by atoms with E-state index in [1.54, 1.807) is 11.3 Å². The SMILES string of the molecule is Cc1cc2c(cc3c(=O)n(CC(=O)NCCCN4CCCC[C@@H]4C)nc(C)n32)s1. The number of nitrogens with one attached hydrogen (secondary N) is 1. The van der Waals surface area contributed by atoms with Gasteiger partial charge >= 0.3 is 0 Å². The summed E-state index contributed by atoms with van der Waals surface area (Å²) in [5, 5.41) is 7.33. The molecule has 0 saturated carbocycles. The van der Waals surface area contributed by atoms with Gasteiger partial charge in [-0.2, -0.15) is 5.10 Å². The van der Waals surface area contributed by atoms with Crippen LogP contribution < -0.4 is 10.9 Å². The maximum atomic E-state index is 12.8. The Morgan fingerprint density at radius 2 is 2.10 bits per heavy atom. The molecule has 3 aromatic heterocycles. The van der Waals surface area contributed by atoms with Gasteiger partial charge < -0.3 is 10.2 Å². The summed E-state index contributed by atoms with van der Waals surface area (Å²) >= 11 is 1.66. The summed E-state index contributed by atoms with van der Waals surface area (Å²) in [4.78, 5) is 28.9. The number of aromatic nitrogens is 3. The lowest BCUT2D eigenvalue weighted by atomic mass is 10.0. The van der Waals surface area contributed by atoms with Gasteiger partial charge in [0, 0.05) is 24.0 Å². The number of carbonyl (C=O) groups excluding carboxylic acids is 1. The third-order valence-electron chi connectivity index (χ3n) is 5.83. The van der Waals surface area contributed by atoms with Crippen LogP contribution in [0.1, 0.15) is 43.3 Å². The number of aryl methyl sites for hydroxylation is 2. The number of amides is 1. The van der Waals surface area contributed by atoms with E-state index < -0.39 is 0 Å². The first-order valence-corrected chi connectivity index (χ1v) is 11.3. The number of rotatable bonds is 6. The molecule has 1 atom stereocenters. The fourth-order valence-electron chi connectivity index (χ4n) is 4.32. The Morgan fingerprint density at radius 1 is 1.28 bits per heavy atom. The van der Waals surface area contributed by atoms with Crippen molar-refractivity contribution in [1.82, 2.24) is 24.4 Å². The molecule has 156 valence electrons. The van der Waals surface area contributed by atoms with Crippen molar-refractivity contribution in [3.05, 3.63) is 33.2 Å². The molecule has 29 heavy (non-hydrogen) atoms. The molecule has 1 aliphatic rings. The number of piperidine rings is 1. The summed E-state index contributed by atoms with van der Waals surface area (Å²) < 4.78 is 4.23. The van der Waals surface area contributed by atoms with Crippen molar-refractivity contribution in [1.29, 1.82) is 0 Å². The zero-order valence-electron chi connectivity index (χ0n) is 17.4. The predicted molar refractivity (Wildman–Crippen MR) is 117 cm³/mol. The van der Waals surface area contributed by atoms with Crippen LogP contribution >= 0.6 is 11.3 Å². The van der Waals surface area contributed by atoms with Gasteiger partial charge in [0.25, 0.3) is 5.56 Å². The molecule has 1 amide bonds. The van der Waals surface area contributed by atoms with E-state index in [2.05, 4.69) is 35.2 Å². The van der Waals surface area contributed by atoms with E-state index in [1.165, 1.54) is 28.8 Å². The molecule has 1 fully saturated rings. The molecule has 7 nitrogen and oxygen atoms in total. The number of hydrogen-bond acceptors (Lipinski definition) is 5. The summed E-state index contributed by atoms with van der Waals surface area (Å²) in [6, 6.07) is 4.61. The summed E-state index contributed by atoms with van der Waals surface area (Å²) in [6.07, 6.45) is 4.77. The maximum Gasteiger partial charge on any atom is 0.291 e. The van der Waals surface area contributed by atoms with Gasteiger partial charge in [-0.1, -0.05) is 6.42 Å². The Balaban J connectivity index is 1.39. The number of likely N-dealkylation sites (tertiary alicyclic amines) is 1. The van der Waals surface area contributed by atoms with E-state index in [-0.39, 0.29) is 18.0 Å². The molecule has 1 saturated heterocycles. The van der Waals surface area contributed by atoms with Gasteiger partial charge in [0.1, 0.15) is 17.9 Å². The van der Waals surface area contributed by atoms with Crippen LogP contribution in [0.2, 0.25) is 0 Å². The summed E-state index contributed by atoms with van der Waals surface area (Å²) in [6.45, 7) is 8.94. The van der Waals surface area contributed by atoms with Gasteiger partial charge in [0.15, 0.2) is 0 Å². The molecular formula is C21H29N5O2S. The largest absolute Gasteiger partial charge is 0.354 e. The Labute approximate surface area is 174 Å². The fourth-order valence-corrected chi connectivity index (χ4v) is 5.26. The average molecular weight is 416 g/mol. The summed E-state index contributed by atoms with van der Waals surface area (Å²) in [7, 11) is 0. The van der Waals surface area contributed by atoms with E-state index in [1.807, 2.05) is 17.4 Å². The second-order valence-corrected chi connectivity index (χ2v) is 9.35. The quantitative estimate of drug-likeness (QED) is 0.629. The fraction of sp³-hybridized carbons (Fsp3) is 0.571. The molecular weight excluding hydrogens is 386 g/mol. The van der Waals surface area contributed by atoms with Gasteiger partial charge in [-0.25, -0.2) is 4.68 Å².